The molecule has 4 rings (SSSR count). The topological polar surface area (TPSA) is 62.5 Å². The zero-order valence-electron chi connectivity index (χ0n) is 13.7. The van der Waals surface area contributed by atoms with E-state index in [4.69, 9.17) is 0 Å². The second-order valence-corrected chi connectivity index (χ2v) is 6.30. The highest BCUT2D eigenvalue weighted by molar-refractivity contribution is 5.85. The van der Waals surface area contributed by atoms with Gasteiger partial charge in [-0.3, -0.25) is 0 Å². The van der Waals surface area contributed by atoms with Gasteiger partial charge in [0.2, 0.25) is 5.65 Å². The Morgan fingerprint density at radius 2 is 1.80 bits per heavy atom. The summed E-state index contributed by atoms with van der Waals surface area (Å²) in [5, 5.41) is 11.5. The molecule has 3 heterocycles. The van der Waals surface area contributed by atoms with E-state index in [9.17, 15) is 13.2 Å². The van der Waals surface area contributed by atoms with Crippen LogP contribution in [0.25, 0.3) is 16.7 Å². The molecule has 0 N–H and O–H groups in total. The lowest BCUT2D eigenvalue weighted by molar-refractivity contribution is -0.137. The van der Waals surface area contributed by atoms with Gasteiger partial charge in [-0.2, -0.15) is 17.7 Å². The molecule has 2 aromatic heterocycles. The van der Waals surface area contributed by atoms with Crippen molar-refractivity contribution in [1.29, 1.82) is 0 Å². The lowest BCUT2D eigenvalue weighted by Gasteiger charge is -2.33. The number of hydrogen-bond donors (Lipinski definition) is 0. The number of tetrazole rings is 1. The summed E-state index contributed by atoms with van der Waals surface area (Å²) in [6.45, 7) is 4.89. The van der Waals surface area contributed by atoms with Crippen LogP contribution in [0.2, 0.25) is 0 Å². The number of anilines is 1. The predicted molar refractivity (Wildman–Crippen MR) is 85.5 cm³/mol. The molecule has 7 nitrogen and oxygen atoms in total. The van der Waals surface area contributed by atoms with Crippen LogP contribution in [-0.4, -0.2) is 63.2 Å². The van der Waals surface area contributed by atoms with Gasteiger partial charge in [-0.25, -0.2) is 4.98 Å². The molecule has 3 aromatic rings. The average Bonchev–Trinajstić information content (AvgIpc) is 3.04. The Bertz CT molecular complexity index is 942. The highest BCUT2D eigenvalue weighted by Crippen LogP contribution is 2.34. The molecular weight excluding hydrogens is 335 g/mol. The molecule has 132 valence electrons. The number of likely N-dealkylation sites (N-methyl/N-ethyl adjacent to an activating group) is 1. The smallest absolute Gasteiger partial charge is 0.351 e. The first-order valence-electron chi connectivity index (χ1n) is 7.88. The molecule has 10 heteroatoms. The summed E-state index contributed by atoms with van der Waals surface area (Å²) < 4.78 is 40.7. The molecule has 1 aromatic carbocycles. The highest BCUT2D eigenvalue weighted by atomic mass is 19.4. The van der Waals surface area contributed by atoms with Crippen molar-refractivity contribution < 1.29 is 13.2 Å². The average molecular weight is 351 g/mol. The highest BCUT2D eigenvalue weighted by Gasteiger charge is 2.32. The van der Waals surface area contributed by atoms with E-state index >= 15 is 0 Å². The van der Waals surface area contributed by atoms with Gasteiger partial charge in [0.25, 0.3) is 0 Å². The van der Waals surface area contributed by atoms with E-state index in [1.807, 2.05) is 7.05 Å². The van der Waals surface area contributed by atoms with E-state index in [1.165, 1.54) is 4.52 Å². The molecule has 1 saturated heterocycles. The van der Waals surface area contributed by atoms with Crippen LogP contribution in [0.1, 0.15) is 11.1 Å². The van der Waals surface area contributed by atoms with Crippen molar-refractivity contribution in [3.8, 4) is 0 Å². The first-order valence-corrected chi connectivity index (χ1v) is 7.88. The molecular formula is C15H16F3N7. The minimum Gasteiger partial charge on any atom is -0.351 e. The Morgan fingerprint density at radius 3 is 2.48 bits per heavy atom. The van der Waals surface area contributed by atoms with Crippen LogP contribution in [0, 0.1) is 6.92 Å². The summed E-state index contributed by atoms with van der Waals surface area (Å²) in [5.74, 6) is 0.605. The summed E-state index contributed by atoms with van der Waals surface area (Å²) in [7, 11) is 2.04. The molecule has 0 unspecified atom stereocenters. The van der Waals surface area contributed by atoms with Gasteiger partial charge in [-0.1, -0.05) is 0 Å². The molecule has 1 aliphatic rings. The first kappa shape index (κ1) is 16.0. The van der Waals surface area contributed by atoms with Gasteiger partial charge >= 0.3 is 6.18 Å². The predicted octanol–water partition coefficient (Wildman–Crippen LogP) is 1.75. The van der Waals surface area contributed by atoms with Crippen LogP contribution >= 0.6 is 0 Å². The summed E-state index contributed by atoms with van der Waals surface area (Å²) in [6, 6.07) is 2.16. The van der Waals surface area contributed by atoms with E-state index in [2.05, 4.69) is 30.3 Å². The van der Waals surface area contributed by atoms with E-state index in [1.54, 1.807) is 6.92 Å². The molecule has 0 bridgehead atoms. The van der Waals surface area contributed by atoms with Crippen LogP contribution in [0.3, 0.4) is 0 Å². The van der Waals surface area contributed by atoms with Crippen LogP contribution in [0.5, 0.6) is 0 Å². The Morgan fingerprint density at radius 1 is 1.08 bits per heavy atom. The minimum absolute atomic E-state index is 0.255. The number of aromatic nitrogens is 5. The Labute approximate surface area is 141 Å². The number of nitrogens with zero attached hydrogens (tertiary/aromatic N) is 7. The summed E-state index contributed by atoms with van der Waals surface area (Å²) in [4.78, 5) is 8.90. The van der Waals surface area contributed by atoms with Crippen LogP contribution in [0.4, 0.5) is 19.0 Å². The largest absolute Gasteiger partial charge is 0.416 e. The molecule has 1 aliphatic heterocycles. The number of rotatable bonds is 1. The number of alkyl halides is 3. The molecule has 1 fully saturated rings. The van der Waals surface area contributed by atoms with Crippen molar-refractivity contribution >= 4 is 22.5 Å². The molecule has 0 radical (unpaired) electrons. The molecule has 25 heavy (non-hydrogen) atoms. The third-order valence-electron chi connectivity index (χ3n) is 4.53. The van der Waals surface area contributed by atoms with Gasteiger partial charge in [-0.15, -0.1) is 5.10 Å². The second-order valence-electron chi connectivity index (χ2n) is 6.30. The van der Waals surface area contributed by atoms with Crippen LogP contribution in [-0.2, 0) is 6.18 Å². The SMILES string of the molecule is Cc1cc(C(F)(F)F)cc2c1nc(N1CCN(C)CC1)c1nnnn12. The number of piperazine rings is 1. The fourth-order valence-electron chi connectivity index (χ4n) is 3.11. The monoisotopic (exact) mass is 351 g/mol. The first-order chi connectivity index (χ1) is 11.8. The van der Waals surface area contributed by atoms with Gasteiger partial charge in [0.05, 0.1) is 16.6 Å². The summed E-state index contributed by atoms with van der Waals surface area (Å²) in [5.41, 5.74) is 0.809. The van der Waals surface area contributed by atoms with Crippen molar-refractivity contribution in [2.45, 2.75) is 13.1 Å². The van der Waals surface area contributed by atoms with E-state index < -0.39 is 11.7 Å². The number of hydrogen-bond acceptors (Lipinski definition) is 6. The van der Waals surface area contributed by atoms with Gasteiger partial charge in [-0.05, 0) is 42.1 Å². The van der Waals surface area contributed by atoms with Crippen molar-refractivity contribution in [2.75, 3.05) is 38.1 Å². The van der Waals surface area contributed by atoms with Crippen molar-refractivity contribution in [3.63, 3.8) is 0 Å². The van der Waals surface area contributed by atoms with Crippen LogP contribution in [0.15, 0.2) is 12.1 Å². The van der Waals surface area contributed by atoms with Gasteiger partial charge in [0.1, 0.15) is 0 Å². The maximum atomic E-state index is 13.1. The van der Waals surface area contributed by atoms with Crippen molar-refractivity contribution in [3.05, 3.63) is 23.3 Å². The fraction of sp³-hybridized carbons (Fsp3) is 0.467. The summed E-state index contributed by atoms with van der Waals surface area (Å²) >= 11 is 0. The number of halogens is 3. The van der Waals surface area contributed by atoms with Gasteiger partial charge in [0.15, 0.2) is 5.82 Å². The third kappa shape index (κ3) is 2.66. The normalized spacial score (nSPS) is 16.9. The molecule has 0 atom stereocenters. The minimum atomic E-state index is -4.44. The van der Waals surface area contributed by atoms with E-state index in [-0.39, 0.29) is 5.52 Å². The maximum Gasteiger partial charge on any atom is 0.416 e. The third-order valence-corrected chi connectivity index (χ3v) is 4.53. The van der Waals surface area contributed by atoms with E-state index in [0.29, 0.717) is 22.5 Å². The Hall–Kier alpha value is -2.49. The second kappa shape index (κ2) is 5.51. The van der Waals surface area contributed by atoms with Gasteiger partial charge < -0.3 is 9.80 Å². The number of aryl methyl sites for hydroxylation is 1. The molecule has 0 amide bonds. The Balaban J connectivity index is 1.94. The van der Waals surface area contributed by atoms with Crippen molar-refractivity contribution in [2.24, 2.45) is 0 Å². The standard InChI is InChI=1S/C15H16F3N7/c1-9-7-10(15(16,17)18)8-11-12(9)19-13(14-20-21-22-25(11)14)24-5-3-23(2)4-6-24/h7-8H,3-6H2,1-2H3. The summed E-state index contributed by atoms with van der Waals surface area (Å²) in [6.07, 6.45) is -4.44. The van der Waals surface area contributed by atoms with Crippen molar-refractivity contribution in [1.82, 2.24) is 29.9 Å². The Kier molecular flexibility index (Phi) is 3.53. The van der Waals surface area contributed by atoms with E-state index in [0.717, 1.165) is 38.3 Å². The zero-order chi connectivity index (χ0) is 17.8. The number of benzene rings is 1. The molecule has 0 saturated carbocycles. The number of fused-ring (bicyclic) bond motifs is 3. The lowest BCUT2D eigenvalue weighted by Crippen LogP contribution is -2.45. The fourth-order valence-corrected chi connectivity index (χ4v) is 3.11. The quantitative estimate of drug-likeness (QED) is 0.666. The molecule has 0 aliphatic carbocycles. The van der Waals surface area contributed by atoms with Gasteiger partial charge in [0, 0.05) is 26.2 Å². The van der Waals surface area contributed by atoms with Crippen LogP contribution < -0.4 is 4.90 Å². The molecule has 0 spiro atoms. The maximum absolute atomic E-state index is 13.1. The lowest BCUT2D eigenvalue weighted by atomic mass is 10.1. The zero-order valence-corrected chi connectivity index (χ0v) is 13.7.